The highest BCUT2D eigenvalue weighted by molar-refractivity contribution is 5.91. The van der Waals surface area contributed by atoms with Crippen LogP contribution in [0.3, 0.4) is 0 Å². The molecule has 25 heavy (non-hydrogen) atoms. The first-order chi connectivity index (χ1) is 11.5. The Labute approximate surface area is 147 Å². The van der Waals surface area contributed by atoms with Gasteiger partial charge in [-0.15, -0.1) is 0 Å². The Hall–Kier alpha value is -2.36. The molecule has 0 spiro atoms. The smallest absolute Gasteiger partial charge is 0.326 e. The number of guanidine groups is 1. The quantitative estimate of drug-likeness (QED) is 0.147. The maximum atomic E-state index is 12.4. The van der Waals surface area contributed by atoms with Crippen molar-refractivity contribution < 1.29 is 19.5 Å². The Balaban J connectivity index is 4.85. The number of nitrogens with one attached hydrogen (secondary N) is 2. The molecule has 0 saturated carbocycles. The van der Waals surface area contributed by atoms with Crippen LogP contribution in [0.25, 0.3) is 0 Å². The molecule has 0 fully saturated rings. The van der Waals surface area contributed by atoms with Crippen molar-refractivity contribution in [3.8, 4) is 0 Å². The van der Waals surface area contributed by atoms with Gasteiger partial charge < -0.3 is 32.9 Å². The Kier molecular flexibility index (Phi) is 10.2. The highest BCUT2D eigenvalue weighted by Crippen LogP contribution is 2.07. The van der Waals surface area contributed by atoms with E-state index in [9.17, 15) is 19.5 Å². The summed E-state index contributed by atoms with van der Waals surface area (Å²) in [6.45, 7) is 5.55. The van der Waals surface area contributed by atoms with E-state index < -0.39 is 35.9 Å². The summed E-state index contributed by atoms with van der Waals surface area (Å²) in [7, 11) is 0. The van der Waals surface area contributed by atoms with Crippen molar-refractivity contribution >= 4 is 23.7 Å². The minimum atomic E-state index is -1.17. The maximum absolute atomic E-state index is 12.4. The van der Waals surface area contributed by atoms with Crippen molar-refractivity contribution in [2.45, 2.75) is 58.2 Å². The number of carboxylic acid groups (broad SMARTS) is 1. The fourth-order valence-electron chi connectivity index (χ4n) is 2.04. The fraction of sp³-hybridized carbons (Fsp3) is 0.733. The van der Waals surface area contributed by atoms with Gasteiger partial charge in [-0.1, -0.05) is 13.8 Å². The van der Waals surface area contributed by atoms with E-state index in [0.717, 1.165) is 0 Å². The molecule has 3 atom stereocenters. The summed E-state index contributed by atoms with van der Waals surface area (Å²) in [5.41, 5.74) is 15.9. The van der Waals surface area contributed by atoms with Crippen molar-refractivity contribution in [3.63, 3.8) is 0 Å². The van der Waals surface area contributed by atoms with Crippen molar-refractivity contribution in [3.05, 3.63) is 0 Å². The number of aliphatic carboxylic acids is 1. The molecule has 10 nitrogen and oxygen atoms in total. The molecule has 9 N–H and O–H groups in total. The third-order valence-corrected chi connectivity index (χ3v) is 3.31. The van der Waals surface area contributed by atoms with Gasteiger partial charge in [0, 0.05) is 6.54 Å². The molecule has 144 valence electrons. The second kappa shape index (κ2) is 11.2. The van der Waals surface area contributed by atoms with Crippen molar-refractivity contribution in [2.24, 2.45) is 28.1 Å². The van der Waals surface area contributed by atoms with Crippen LogP contribution >= 0.6 is 0 Å². The standard InChI is InChI=1S/C15H30N6O4/c1-8(2)7-11(21-12(22)9(3)16)13(23)20-10(14(24)25)5-4-6-19-15(17)18/h8-11H,4-7,16H2,1-3H3,(H,20,23)(H,21,22)(H,24,25)(H4,17,18,19). The SMILES string of the molecule is CC(C)CC(NC(=O)C(C)N)C(=O)NC(CCCN=C(N)N)C(=O)O. The number of carboxylic acids is 1. The van der Waals surface area contributed by atoms with E-state index in [0.29, 0.717) is 12.8 Å². The summed E-state index contributed by atoms with van der Waals surface area (Å²) in [6.07, 6.45) is 0.911. The monoisotopic (exact) mass is 358 g/mol. The third-order valence-electron chi connectivity index (χ3n) is 3.31. The predicted molar refractivity (Wildman–Crippen MR) is 94.5 cm³/mol. The molecule has 3 unspecified atom stereocenters. The van der Waals surface area contributed by atoms with Crippen molar-refractivity contribution in [2.75, 3.05) is 6.54 Å². The Morgan fingerprint density at radius 1 is 1.04 bits per heavy atom. The van der Waals surface area contributed by atoms with Gasteiger partial charge in [0.2, 0.25) is 11.8 Å². The Morgan fingerprint density at radius 3 is 2.04 bits per heavy atom. The molecule has 0 radical (unpaired) electrons. The summed E-state index contributed by atoms with van der Waals surface area (Å²) in [5, 5.41) is 14.3. The van der Waals surface area contributed by atoms with Crippen LogP contribution in [0.1, 0.15) is 40.0 Å². The molecule has 0 aliphatic heterocycles. The van der Waals surface area contributed by atoms with Crippen LogP contribution in [0.5, 0.6) is 0 Å². The van der Waals surface area contributed by atoms with E-state index in [4.69, 9.17) is 17.2 Å². The van der Waals surface area contributed by atoms with Gasteiger partial charge in [-0.05, 0) is 32.1 Å². The van der Waals surface area contributed by atoms with E-state index in [1.54, 1.807) is 0 Å². The molecule has 0 saturated heterocycles. The van der Waals surface area contributed by atoms with Crippen LogP contribution < -0.4 is 27.8 Å². The van der Waals surface area contributed by atoms with Crippen molar-refractivity contribution in [1.82, 2.24) is 10.6 Å². The third kappa shape index (κ3) is 10.2. The zero-order valence-electron chi connectivity index (χ0n) is 15.0. The molecule has 0 bridgehead atoms. The van der Waals surface area contributed by atoms with Gasteiger partial charge >= 0.3 is 5.97 Å². The second-order valence-corrected chi connectivity index (χ2v) is 6.33. The normalized spacial score (nSPS) is 14.3. The molecular weight excluding hydrogens is 328 g/mol. The molecular formula is C15H30N6O4. The van der Waals surface area contributed by atoms with Crippen LogP contribution in [0, 0.1) is 5.92 Å². The Bertz CT molecular complexity index is 488. The number of nitrogens with zero attached hydrogens (tertiary/aromatic N) is 1. The first-order valence-corrected chi connectivity index (χ1v) is 8.19. The van der Waals surface area contributed by atoms with Gasteiger partial charge in [0.1, 0.15) is 12.1 Å². The lowest BCUT2D eigenvalue weighted by Crippen LogP contribution is -2.54. The van der Waals surface area contributed by atoms with Gasteiger partial charge in [0.15, 0.2) is 5.96 Å². The van der Waals surface area contributed by atoms with Gasteiger partial charge in [0.05, 0.1) is 6.04 Å². The molecule has 2 amide bonds. The highest BCUT2D eigenvalue weighted by Gasteiger charge is 2.27. The number of carbonyl (C=O) groups is 3. The van der Waals surface area contributed by atoms with E-state index in [1.807, 2.05) is 13.8 Å². The Morgan fingerprint density at radius 2 is 1.60 bits per heavy atom. The molecule has 0 aromatic carbocycles. The number of amides is 2. The first kappa shape index (κ1) is 22.6. The molecule has 0 rings (SSSR count). The minimum Gasteiger partial charge on any atom is -0.480 e. The number of carbonyl (C=O) groups excluding carboxylic acids is 2. The number of aliphatic imine (C=N–C) groups is 1. The first-order valence-electron chi connectivity index (χ1n) is 8.19. The summed E-state index contributed by atoms with van der Waals surface area (Å²) < 4.78 is 0. The lowest BCUT2D eigenvalue weighted by atomic mass is 10.0. The molecule has 0 heterocycles. The zero-order valence-corrected chi connectivity index (χ0v) is 15.0. The summed E-state index contributed by atoms with van der Waals surface area (Å²) in [5.74, 6) is -2.15. The van der Waals surface area contributed by atoms with Crippen LogP contribution in [0.4, 0.5) is 0 Å². The van der Waals surface area contributed by atoms with Gasteiger partial charge in [-0.3, -0.25) is 14.6 Å². The number of hydrogen-bond donors (Lipinski definition) is 6. The summed E-state index contributed by atoms with van der Waals surface area (Å²) >= 11 is 0. The predicted octanol–water partition coefficient (Wildman–Crippen LogP) is -1.51. The van der Waals surface area contributed by atoms with Crippen LogP contribution in [-0.2, 0) is 14.4 Å². The van der Waals surface area contributed by atoms with Gasteiger partial charge in [-0.25, -0.2) is 4.79 Å². The molecule has 0 aromatic rings. The van der Waals surface area contributed by atoms with E-state index in [2.05, 4.69) is 15.6 Å². The van der Waals surface area contributed by atoms with Crippen LogP contribution in [0.15, 0.2) is 4.99 Å². The summed E-state index contributed by atoms with van der Waals surface area (Å²) in [4.78, 5) is 39.3. The second-order valence-electron chi connectivity index (χ2n) is 6.33. The molecule has 0 aromatic heterocycles. The van der Waals surface area contributed by atoms with Crippen molar-refractivity contribution in [1.29, 1.82) is 0 Å². The average molecular weight is 358 g/mol. The average Bonchev–Trinajstić information content (AvgIpc) is 2.48. The van der Waals surface area contributed by atoms with E-state index in [-0.39, 0.29) is 24.8 Å². The van der Waals surface area contributed by atoms with E-state index >= 15 is 0 Å². The minimum absolute atomic E-state index is 0.0773. The van der Waals surface area contributed by atoms with Crippen LogP contribution in [0.2, 0.25) is 0 Å². The largest absolute Gasteiger partial charge is 0.480 e. The topological polar surface area (TPSA) is 186 Å². The maximum Gasteiger partial charge on any atom is 0.326 e. The lowest BCUT2D eigenvalue weighted by molar-refractivity contribution is -0.142. The fourth-order valence-corrected chi connectivity index (χ4v) is 2.04. The molecule has 0 aliphatic carbocycles. The zero-order chi connectivity index (χ0) is 19.6. The van der Waals surface area contributed by atoms with E-state index in [1.165, 1.54) is 6.92 Å². The molecule has 10 heteroatoms. The number of hydrogen-bond acceptors (Lipinski definition) is 5. The van der Waals surface area contributed by atoms with Crippen LogP contribution in [-0.4, -0.2) is 53.5 Å². The van der Waals surface area contributed by atoms with Gasteiger partial charge in [-0.2, -0.15) is 0 Å². The number of nitrogens with two attached hydrogens (primary N) is 3. The lowest BCUT2D eigenvalue weighted by Gasteiger charge is -2.23. The summed E-state index contributed by atoms with van der Waals surface area (Å²) in [6, 6.07) is -2.71. The number of rotatable bonds is 11. The van der Waals surface area contributed by atoms with Gasteiger partial charge in [0.25, 0.3) is 0 Å². The molecule has 0 aliphatic rings. The highest BCUT2D eigenvalue weighted by atomic mass is 16.4.